The molecule has 0 saturated carbocycles. The third kappa shape index (κ3) is 5.10. The van der Waals surface area contributed by atoms with Crippen molar-refractivity contribution in [2.24, 2.45) is 10.2 Å². The van der Waals surface area contributed by atoms with Gasteiger partial charge in [0.25, 0.3) is 0 Å². The summed E-state index contributed by atoms with van der Waals surface area (Å²) in [6.45, 7) is 2.10. The Morgan fingerprint density at radius 3 is 1.83 bits per heavy atom. The van der Waals surface area contributed by atoms with E-state index in [1.807, 2.05) is 62.4 Å². The van der Waals surface area contributed by atoms with Gasteiger partial charge in [-0.3, -0.25) is 0 Å². The van der Waals surface area contributed by atoms with Crippen molar-refractivity contribution in [2.45, 2.75) is 13.3 Å². The summed E-state index contributed by atoms with van der Waals surface area (Å²) < 4.78 is 3.73. The van der Waals surface area contributed by atoms with Crippen LogP contribution in [0.3, 0.4) is 0 Å². The predicted molar refractivity (Wildman–Crippen MR) is 122 cm³/mol. The van der Waals surface area contributed by atoms with Gasteiger partial charge in [0, 0.05) is 39.6 Å². The third-order valence-electron chi connectivity index (χ3n) is 4.68. The minimum atomic E-state index is 0.820. The van der Waals surface area contributed by atoms with Gasteiger partial charge in [0.2, 0.25) is 0 Å². The Kier molecular flexibility index (Phi) is 6.44. The quantitative estimate of drug-likeness (QED) is 0.460. The summed E-state index contributed by atoms with van der Waals surface area (Å²) in [5.41, 5.74) is 4.45. The molecule has 0 radical (unpaired) electrons. The molecule has 0 bridgehead atoms. The number of hydrogen-bond acceptors (Lipinski definition) is 4. The Labute approximate surface area is 173 Å². The number of imidazole rings is 1. The average Bonchev–Trinajstić information content (AvgIpc) is 3.13. The van der Waals surface area contributed by atoms with Crippen LogP contribution in [0.25, 0.3) is 0 Å². The highest BCUT2D eigenvalue weighted by atomic mass is 15.5. The molecule has 0 fully saturated rings. The van der Waals surface area contributed by atoms with Crippen LogP contribution in [-0.4, -0.2) is 45.3 Å². The van der Waals surface area contributed by atoms with Crippen molar-refractivity contribution in [1.29, 1.82) is 0 Å². The second-order valence-corrected chi connectivity index (χ2v) is 7.22. The van der Waals surface area contributed by atoms with Crippen molar-refractivity contribution in [3.05, 3.63) is 77.9 Å². The van der Waals surface area contributed by atoms with Crippen LogP contribution < -0.4 is 14.5 Å². The van der Waals surface area contributed by atoms with Gasteiger partial charge in [-0.05, 0) is 35.4 Å². The van der Waals surface area contributed by atoms with Gasteiger partial charge in [-0.25, -0.2) is 0 Å². The van der Waals surface area contributed by atoms with Gasteiger partial charge in [-0.2, -0.15) is 0 Å². The normalized spacial score (nSPS) is 11.5. The molecular weight excluding hydrogens is 360 g/mol. The molecule has 3 rings (SSSR count). The van der Waals surface area contributed by atoms with Crippen LogP contribution in [0, 0.1) is 0 Å². The van der Waals surface area contributed by atoms with E-state index in [0.29, 0.717) is 0 Å². The Hall–Kier alpha value is -3.41. The highest BCUT2D eigenvalue weighted by Gasteiger charge is 2.14. The first-order valence-electron chi connectivity index (χ1n) is 9.73. The number of rotatable bonds is 7. The van der Waals surface area contributed by atoms with E-state index in [9.17, 15) is 0 Å². The zero-order valence-electron chi connectivity index (χ0n) is 17.8. The van der Waals surface area contributed by atoms with Crippen molar-refractivity contribution in [2.75, 3.05) is 38.0 Å². The Morgan fingerprint density at radius 2 is 1.34 bits per heavy atom. The molecule has 0 atom stereocenters. The molecule has 0 aliphatic heterocycles. The fourth-order valence-electron chi connectivity index (χ4n) is 2.91. The number of aromatic nitrogens is 2. The van der Waals surface area contributed by atoms with Gasteiger partial charge >= 0.3 is 5.82 Å². The lowest BCUT2D eigenvalue weighted by Crippen LogP contribution is -2.31. The van der Waals surface area contributed by atoms with Gasteiger partial charge in [0.15, 0.2) is 12.4 Å². The first kappa shape index (κ1) is 20.3. The highest BCUT2D eigenvalue weighted by Crippen LogP contribution is 2.12. The van der Waals surface area contributed by atoms with Gasteiger partial charge in [-0.15, -0.1) is 9.35 Å². The molecule has 0 unspecified atom stereocenters. The van der Waals surface area contributed by atoms with E-state index in [0.717, 1.165) is 23.4 Å². The molecule has 150 valence electrons. The zero-order valence-corrected chi connectivity index (χ0v) is 17.8. The second kappa shape index (κ2) is 9.19. The minimum absolute atomic E-state index is 0.820. The smallest absolute Gasteiger partial charge is 0.307 e. The zero-order chi connectivity index (χ0) is 20.8. The standard InChI is InChI=1S/C23H29N6/c1-6-23-28(24-17-19-7-11-21(12-8-19)26(2)3)15-16-29(23)25-18-20-9-13-22(14-10-20)27(4)5/h7-18H,6H2,1-5H3/q+1/b24-17-,25-18-. The van der Waals surface area contributed by atoms with E-state index in [4.69, 9.17) is 0 Å². The first-order valence-corrected chi connectivity index (χ1v) is 9.73. The van der Waals surface area contributed by atoms with Gasteiger partial charge < -0.3 is 9.80 Å². The van der Waals surface area contributed by atoms with Crippen LogP contribution >= 0.6 is 0 Å². The molecule has 3 aromatic rings. The van der Waals surface area contributed by atoms with Gasteiger partial charge in [-0.1, -0.05) is 41.4 Å². The van der Waals surface area contributed by atoms with Gasteiger partial charge in [0.05, 0.1) is 18.9 Å². The van der Waals surface area contributed by atoms with Crippen LogP contribution in [0.5, 0.6) is 0 Å². The van der Waals surface area contributed by atoms with Crippen LogP contribution in [0.1, 0.15) is 23.9 Å². The topological polar surface area (TPSA) is 40.0 Å². The maximum Gasteiger partial charge on any atom is 0.307 e. The molecule has 6 heteroatoms. The largest absolute Gasteiger partial charge is 0.378 e. The lowest BCUT2D eigenvalue weighted by molar-refractivity contribution is -0.685. The molecule has 0 saturated heterocycles. The first-order chi connectivity index (χ1) is 14.0. The SMILES string of the molecule is CCc1n(/N=C\c2ccc(N(C)C)cc2)cc[n+]1/N=C\c1ccc(N(C)C)cc1. The summed E-state index contributed by atoms with van der Waals surface area (Å²) in [7, 11) is 8.14. The Balaban J connectivity index is 1.75. The fourth-order valence-corrected chi connectivity index (χ4v) is 2.91. The maximum atomic E-state index is 4.61. The second-order valence-electron chi connectivity index (χ2n) is 7.22. The molecule has 0 aliphatic carbocycles. The van der Waals surface area contributed by atoms with Gasteiger partial charge in [0.1, 0.15) is 0 Å². The van der Waals surface area contributed by atoms with E-state index in [2.05, 4.69) is 75.5 Å². The predicted octanol–water partition coefficient (Wildman–Crippen LogP) is 3.23. The Morgan fingerprint density at radius 1 is 0.828 bits per heavy atom. The van der Waals surface area contributed by atoms with E-state index in [1.54, 1.807) is 0 Å². The van der Waals surface area contributed by atoms with Crippen LogP contribution in [0.4, 0.5) is 11.4 Å². The molecule has 0 aliphatic rings. The van der Waals surface area contributed by atoms with E-state index in [-0.39, 0.29) is 0 Å². The van der Waals surface area contributed by atoms with Crippen molar-refractivity contribution < 1.29 is 4.68 Å². The van der Waals surface area contributed by atoms with Crippen molar-refractivity contribution in [3.8, 4) is 0 Å². The molecule has 0 amide bonds. The lowest BCUT2D eigenvalue weighted by Gasteiger charge is -2.11. The summed E-state index contributed by atoms with van der Waals surface area (Å²) >= 11 is 0. The molecule has 1 aromatic heterocycles. The third-order valence-corrected chi connectivity index (χ3v) is 4.68. The van der Waals surface area contributed by atoms with Crippen LogP contribution in [-0.2, 0) is 6.42 Å². The summed E-state index contributed by atoms with van der Waals surface area (Å²) in [4.78, 5) is 4.16. The van der Waals surface area contributed by atoms with Crippen molar-refractivity contribution in [3.63, 3.8) is 0 Å². The highest BCUT2D eigenvalue weighted by molar-refractivity contribution is 5.80. The van der Waals surface area contributed by atoms with Crippen molar-refractivity contribution >= 4 is 23.8 Å². The number of hydrogen-bond donors (Lipinski definition) is 0. The summed E-state index contributed by atoms with van der Waals surface area (Å²) in [5, 5.41) is 9.21. The van der Waals surface area contributed by atoms with Crippen molar-refractivity contribution in [1.82, 2.24) is 4.68 Å². The summed E-state index contributed by atoms with van der Waals surface area (Å²) in [6.07, 6.45) is 8.41. The van der Waals surface area contributed by atoms with E-state index < -0.39 is 0 Å². The maximum absolute atomic E-state index is 4.61. The van der Waals surface area contributed by atoms with Crippen LogP contribution in [0.15, 0.2) is 71.1 Å². The van der Waals surface area contributed by atoms with E-state index in [1.165, 1.54) is 11.4 Å². The summed E-state index contributed by atoms with van der Waals surface area (Å²) in [5.74, 6) is 1.01. The molecule has 1 heterocycles. The van der Waals surface area contributed by atoms with Crippen LogP contribution in [0.2, 0.25) is 0 Å². The Bertz CT molecular complexity index is 900. The molecule has 2 aromatic carbocycles. The molecule has 6 nitrogen and oxygen atoms in total. The lowest BCUT2D eigenvalue weighted by atomic mass is 10.2. The molecule has 0 spiro atoms. The number of benzene rings is 2. The fraction of sp³-hybridized carbons (Fsp3) is 0.261. The summed E-state index contributed by atoms with van der Waals surface area (Å²) in [6, 6.07) is 16.6. The van der Waals surface area contributed by atoms with E-state index >= 15 is 0 Å². The minimum Gasteiger partial charge on any atom is -0.378 e. The number of nitrogens with zero attached hydrogens (tertiary/aromatic N) is 6. The average molecular weight is 390 g/mol. The molecular formula is C23H29N6+. The number of anilines is 2. The molecule has 0 N–H and O–H groups in total. The molecule has 29 heavy (non-hydrogen) atoms. The monoisotopic (exact) mass is 389 g/mol.